The summed E-state index contributed by atoms with van der Waals surface area (Å²) >= 11 is 0. The molecule has 2 saturated carbocycles. The molecule has 0 aromatic heterocycles. The Morgan fingerprint density at radius 1 is 1.19 bits per heavy atom. The Kier molecular flexibility index (Phi) is 7.02. The predicted octanol–water partition coefficient (Wildman–Crippen LogP) is 1.99. The third-order valence-electron chi connectivity index (χ3n) is 8.95. The molecule has 37 heavy (non-hydrogen) atoms. The largest absolute Gasteiger partial charge is 0.460 e. The summed E-state index contributed by atoms with van der Waals surface area (Å²) in [5, 5.41) is 12.7. The van der Waals surface area contributed by atoms with Crippen LogP contribution in [0.1, 0.15) is 74.7 Å². The molecule has 8 atom stereocenters. The van der Waals surface area contributed by atoms with Crippen molar-refractivity contribution in [1.29, 1.82) is 0 Å². The van der Waals surface area contributed by atoms with Crippen LogP contribution in [0.15, 0.2) is 12.7 Å². The molecule has 3 aliphatic rings. The average Bonchev–Trinajstić information content (AvgIpc) is 2.75. The van der Waals surface area contributed by atoms with E-state index in [1.54, 1.807) is 13.8 Å². The first kappa shape index (κ1) is 29.3. The van der Waals surface area contributed by atoms with Gasteiger partial charge in [-0.1, -0.05) is 26.8 Å². The summed E-state index contributed by atoms with van der Waals surface area (Å²) in [4.78, 5) is 51.3. The number of ether oxygens (including phenoxy) is 4. The van der Waals surface area contributed by atoms with Crippen LogP contribution in [0.4, 0.5) is 0 Å². The lowest BCUT2D eigenvalue weighted by molar-refractivity contribution is -0.370. The van der Waals surface area contributed by atoms with Crippen LogP contribution in [0.3, 0.4) is 0 Å². The highest BCUT2D eigenvalue weighted by molar-refractivity contribution is 5.92. The van der Waals surface area contributed by atoms with E-state index in [1.165, 1.54) is 33.8 Å². The van der Waals surface area contributed by atoms with Crippen molar-refractivity contribution in [2.24, 2.45) is 22.5 Å². The van der Waals surface area contributed by atoms with Gasteiger partial charge in [0.25, 0.3) is 6.47 Å². The number of esters is 2. The molecule has 208 valence electrons. The minimum absolute atomic E-state index is 0.222. The van der Waals surface area contributed by atoms with Crippen molar-refractivity contribution in [3.05, 3.63) is 12.7 Å². The molecule has 0 unspecified atom stereocenters. The maximum absolute atomic E-state index is 14.1. The molecule has 0 spiro atoms. The number of fused-ring (bicyclic) bond motifs is 3. The van der Waals surface area contributed by atoms with Crippen LogP contribution in [-0.4, -0.2) is 70.0 Å². The van der Waals surface area contributed by atoms with Crippen molar-refractivity contribution >= 4 is 24.2 Å². The van der Waals surface area contributed by atoms with E-state index >= 15 is 0 Å². The van der Waals surface area contributed by atoms with Gasteiger partial charge in [0.05, 0.1) is 11.0 Å². The van der Waals surface area contributed by atoms with Crippen LogP contribution in [0.2, 0.25) is 0 Å². The predicted molar refractivity (Wildman–Crippen MR) is 132 cm³/mol. The quantitative estimate of drug-likeness (QED) is 0.229. The third kappa shape index (κ3) is 4.12. The maximum atomic E-state index is 14.1. The van der Waals surface area contributed by atoms with E-state index in [2.05, 4.69) is 6.58 Å². The van der Waals surface area contributed by atoms with Gasteiger partial charge in [-0.05, 0) is 46.0 Å². The van der Waals surface area contributed by atoms with Crippen LogP contribution in [0, 0.1) is 16.7 Å². The minimum Gasteiger partial charge on any atom is -0.460 e. The second kappa shape index (κ2) is 8.88. The van der Waals surface area contributed by atoms with E-state index in [4.69, 9.17) is 24.7 Å². The Hall–Kier alpha value is -2.30. The molecule has 3 rings (SSSR count). The number of aliphatic hydroxyl groups is 1. The second-order valence-corrected chi connectivity index (χ2v) is 12.7. The van der Waals surface area contributed by atoms with Crippen molar-refractivity contribution in [3.8, 4) is 0 Å². The highest BCUT2D eigenvalue weighted by Gasteiger charge is 2.82. The van der Waals surface area contributed by atoms with E-state index in [0.29, 0.717) is 12.8 Å². The number of hydrogen-bond acceptors (Lipinski definition) is 10. The fraction of sp³-hybridized carbons (Fsp3) is 0.778. The Labute approximate surface area is 218 Å². The monoisotopic (exact) mass is 523 g/mol. The Morgan fingerprint density at radius 3 is 2.27 bits per heavy atom. The van der Waals surface area contributed by atoms with Crippen molar-refractivity contribution in [3.63, 3.8) is 0 Å². The lowest BCUT2D eigenvalue weighted by atomic mass is 9.39. The number of carbonyl (C=O) groups excluding carboxylic acids is 4. The smallest absolute Gasteiger partial charge is 0.325 e. The normalized spacial score (nSPS) is 43.0. The van der Waals surface area contributed by atoms with Crippen LogP contribution in [0.5, 0.6) is 0 Å². The van der Waals surface area contributed by atoms with Gasteiger partial charge in [0, 0.05) is 19.3 Å². The zero-order valence-electron chi connectivity index (χ0n) is 23.1. The lowest BCUT2D eigenvalue weighted by Crippen LogP contribution is -2.87. The van der Waals surface area contributed by atoms with Crippen LogP contribution in [-0.2, 0) is 38.1 Å². The summed E-state index contributed by atoms with van der Waals surface area (Å²) in [7, 11) is 0. The number of Topliss-reactive ketones (excluding diaryl/α,β-unsaturated/α-hetero) is 1. The van der Waals surface area contributed by atoms with Gasteiger partial charge in [-0.15, -0.1) is 6.58 Å². The summed E-state index contributed by atoms with van der Waals surface area (Å²) in [5.41, 5.74) is -2.97. The van der Waals surface area contributed by atoms with E-state index in [0.717, 1.165) is 0 Å². The van der Waals surface area contributed by atoms with Crippen LogP contribution in [0.25, 0.3) is 0 Å². The summed E-state index contributed by atoms with van der Waals surface area (Å²) < 4.78 is 23.7. The molecule has 1 heterocycles. The molecule has 2 aliphatic carbocycles. The van der Waals surface area contributed by atoms with E-state index in [1.807, 2.05) is 13.8 Å². The molecule has 10 heteroatoms. The molecule has 0 amide bonds. The molecule has 1 saturated heterocycles. The third-order valence-corrected chi connectivity index (χ3v) is 8.95. The van der Waals surface area contributed by atoms with Gasteiger partial charge in [0.1, 0.15) is 23.3 Å². The first-order valence-electron chi connectivity index (χ1n) is 12.6. The second-order valence-electron chi connectivity index (χ2n) is 12.7. The summed E-state index contributed by atoms with van der Waals surface area (Å²) in [6, 6.07) is 0. The molecule has 10 nitrogen and oxygen atoms in total. The number of rotatable bonds is 6. The summed E-state index contributed by atoms with van der Waals surface area (Å²) in [5.74, 6) is -2.79. The minimum atomic E-state index is -2.32. The SMILES string of the molecule is C=C[C@@]1(C)CC(=O)[C@]2(O)[C@@]3(C)[C@@H](OC(=O)C(C)(C)N)CCC(C)(C)[C@@H]3[C@H](OC=O)[C@H](OC(C)=O)[C@@]2(C)O1. The van der Waals surface area contributed by atoms with E-state index in [9.17, 15) is 24.3 Å². The summed E-state index contributed by atoms with van der Waals surface area (Å²) in [6.07, 6.45) is -1.47. The van der Waals surface area contributed by atoms with Gasteiger partial charge in [-0.2, -0.15) is 0 Å². The van der Waals surface area contributed by atoms with E-state index < -0.39 is 75.1 Å². The molecule has 3 N–H and O–H groups in total. The Bertz CT molecular complexity index is 1000. The molecule has 0 bridgehead atoms. The zero-order chi connectivity index (χ0) is 28.4. The first-order valence-corrected chi connectivity index (χ1v) is 12.6. The fourth-order valence-electron chi connectivity index (χ4n) is 7.27. The topological polar surface area (TPSA) is 151 Å². The van der Waals surface area contributed by atoms with Crippen molar-refractivity contribution in [1.82, 2.24) is 0 Å². The van der Waals surface area contributed by atoms with Crippen molar-refractivity contribution in [2.45, 2.75) is 115 Å². The Morgan fingerprint density at radius 2 is 1.78 bits per heavy atom. The Balaban J connectivity index is 2.38. The number of ketones is 1. The summed E-state index contributed by atoms with van der Waals surface area (Å²) in [6.45, 7) is 16.8. The molecule has 0 radical (unpaired) electrons. The van der Waals surface area contributed by atoms with Crippen LogP contribution < -0.4 is 5.73 Å². The molecule has 3 fully saturated rings. The highest BCUT2D eigenvalue weighted by Crippen LogP contribution is 2.68. The standard InChI is InChI=1S/C27H41NO9/c1-10-24(7)13-16(31)27(33)25(8)17(36-21(32)23(5,6)28)11-12-22(3,4)19(25)18(34-14-29)20(35-15(2)30)26(27,9)37-24/h10,14,17-20,33H,1,11-13,28H2,2-9H3/t17-,18-,19-,20-,24-,25-,26+,27-/m0/s1. The first-order chi connectivity index (χ1) is 16.7. The molecule has 0 aromatic carbocycles. The van der Waals surface area contributed by atoms with Crippen molar-refractivity contribution < 1.29 is 43.2 Å². The molecular weight excluding hydrogens is 482 g/mol. The number of hydrogen-bond donors (Lipinski definition) is 2. The van der Waals surface area contributed by atoms with Crippen molar-refractivity contribution in [2.75, 3.05) is 0 Å². The lowest BCUT2D eigenvalue weighted by Gasteiger charge is -2.71. The molecular formula is C27H41NO9. The van der Waals surface area contributed by atoms with Gasteiger partial charge < -0.3 is 29.8 Å². The van der Waals surface area contributed by atoms with Gasteiger partial charge in [-0.3, -0.25) is 19.2 Å². The maximum Gasteiger partial charge on any atom is 0.325 e. The van der Waals surface area contributed by atoms with Crippen LogP contribution >= 0.6 is 0 Å². The van der Waals surface area contributed by atoms with Gasteiger partial charge in [-0.25, -0.2) is 0 Å². The number of carbonyl (C=O) groups is 4. The van der Waals surface area contributed by atoms with Gasteiger partial charge in [0.2, 0.25) is 0 Å². The zero-order valence-corrected chi connectivity index (χ0v) is 23.1. The van der Waals surface area contributed by atoms with Gasteiger partial charge >= 0.3 is 11.9 Å². The number of nitrogens with two attached hydrogens (primary N) is 1. The molecule has 0 aromatic rings. The average molecular weight is 524 g/mol. The molecule has 1 aliphatic heterocycles. The van der Waals surface area contributed by atoms with E-state index in [-0.39, 0.29) is 12.9 Å². The fourth-order valence-corrected chi connectivity index (χ4v) is 7.27. The van der Waals surface area contributed by atoms with Gasteiger partial charge in [0.15, 0.2) is 17.5 Å². The highest BCUT2D eigenvalue weighted by atomic mass is 16.6.